The minimum absolute atomic E-state index is 0.0101. The number of thioether (sulfide) groups is 1. The molecular weight excluding hydrogens is 322 g/mol. The SMILES string of the molecule is CCNC(=O)NC(=O)[C@H](C)Sc1n[nH]c(=O)n1C[C@H]1CCCO1. The molecule has 23 heavy (non-hydrogen) atoms. The van der Waals surface area contributed by atoms with Gasteiger partial charge in [0.1, 0.15) is 0 Å². The second-order valence-corrected chi connectivity index (χ2v) is 6.47. The summed E-state index contributed by atoms with van der Waals surface area (Å²) in [7, 11) is 0. The summed E-state index contributed by atoms with van der Waals surface area (Å²) in [6.07, 6.45) is 1.86. The van der Waals surface area contributed by atoms with Crippen molar-refractivity contribution in [2.75, 3.05) is 13.2 Å². The third kappa shape index (κ3) is 4.83. The highest BCUT2D eigenvalue weighted by atomic mass is 32.2. The van der Waals surface area contributed by atoms with Crippen molar-refractivity contribution in [3.63, 3.8) is 0 Å². The molecule has 1 aromatic heterocycles. The van der Waals surface area contributed by atoms with Crippen molar-refractivity contribution in [3.8, 4) is 0 Å². The third-order valence-electron chi connectivity index (χ3n) is 3.36. The van der Waals surface area contributed by atoms with Crippen LogP contribution in [0.15, 0.2) is 9.95 Å². The molecule has 1 fully saturated rings. The number of nitrogens with one attached hydrogen (secondary N) is 3. The molecule has 1 aromatic rings. The number of aromatic amines is 1. The maximum Gasteiger partial charge on any atom is 0.344 e. The predicted octanol–water partition coefficient (Wildman–Crippen LogP) is 0.0767. The van der Waals surface area contributed by atoms with Crippen molar-refractivity contribution in [2.45, 2.75) is 49.7 Å². The van der Waals surface area contributed by atoms with E-state index in [2.05, 4.69) is 20.8 Å². The van der Waals surface area contributed by atoms with Gasteiger partial charge in [0.05, 0.1) is 17.9 Å². The largest absolute Gasteiger partial charge is 0.376 e. The number of amides is 3. The Balaban J connectivity index is 1.97. The molecule has 3 amide bonds. The Kier molecular flexibility index (Phi) is 6.22. The number of aromatic nitrogens is 3. The number of H-pyrrole nitrogens is 1. The van der Waals surface area contributed by atoms with Crippen LogP contribution >= 0.6 is 11.8 Å². The van der Waals surface area contributed by atoms with Gasteiger partial charge in [-0.05, 0) is 26.7 Å². The predicted molar refractivity (Wildman–Crippen MR) is 84.4 cm³/mol. The van der Waals surface area contributed by atoms with Crippen molar-refractivity contribution >= 4 is 23.7 Å². The van der Waals surface area contributed by atoms with Gasteiger partial charge in [-0.1, -0.05) is 11.8 Å². The molecule has 128 valence electrons. The Hall–Kier alpha value is -1.81. The zero-order valence-corrected chi connectivity index (χ0v) is 13.9. The van der Waals surface area contributed by atoms with Gasteiger partial charge in [0.15, 0.2) is 5.16 Å². The van der Waals surface area contributed by atoms with Crippen LogP contribution < -0.4 is 16.3 Å². The number of nitrogens with zero attached hydrogens (tertiary/aromatic N) is 2. The van der Waals surface area contributed by atoms with Gasteiger partial charge in [-0.3, -0.25) is 14.7 Å². The molecule has 1 saturated heterocycles. The minimum Gasteiger partial charge on any atom is -0.376 e. The molecular formula is C13H21N5O4S. The van der Waals surface area contributed by atoms with Gasteiger partial charge in [0, 0.05) is 13.2 Å². The van der Waals surface area contributed by atoms with Crippen LogP contribution in [-0.4, -0.2) is 51.2 Å². The third-order valence-corrected chi connectivity index (χ3v) is 4.45. The van der Waals surface area contributed by atoms with E-state index in [0.29, 0.717) is 24.9 Å². The average Bonchev–Trinajstić information content (AvgIpc) is 3.12. The molecule has 2 rings (SSSR count). The highest BCUT2D eigenvalue weighted by Crippen LogP contribution is 2.21. The van der Waals surface area contributed by atoms with Gasteiger partial charge in [0.25, 0.3) is 0 Å². The Bertz CT molecular complexity index is 608. The maximum absolute atomic E-state index is 12.0. The number of hydrogen-bond donors (Lipinski definition) is 3. The van der Waals surface area contributed by atoms with Gasteiger partial charge in [0.2, 0.25) is 5.91 Å². The molecule has 10 heteroatoms. The van der Waals surface area contributed by atoms with E-state index < -0.39 is 17.2 Å². The molecule has 0 aliphatic carbocycles. The Morgan fingerprint density at radius 2 is 2.35 bits per heavy atom. The van der Waals surface area contributed by atoms with E-state index in [9.17, 15) is 14.4 Å². The van der Waals surface area contributed by atoms with Crippen LogP contribution in [0.2, 0.25) is 0 Å². The van der Waals surface area contributed by atoms with Crippen molar-refractivity contribution in [1.29, 1.82) is 0 Å². The van der Waals surface area contributed by atoms with Gasteiger partial charge in [-0.25, -0.2) is 14.7 Å². The van der Waals surface area contributed by atoms with E-state index in [0.717, 1.165) is 24.6 Å². The lowest BCUT2D eigenvalue weighted by atomic mass is 10.2. The van der Waals surface area contributed by atoms with E-state index in [1.165, 1.54) is 4.57 Å². The lowest BCUT2D eigenvalue weighted by molar-refractivity contribution is -0.119. The van der Waals surface area contributed by atoms with Gasteiger partial charge >= 0.3 is 11.7 Å². The maximum atomic E-state index is 12.0. The fourth-order valence-electron chi connectivity index (χ4n) is 2.18. The molecule has 0 bridgehead atoms. The Morgan fingerprint density at radius 1 is 1.57 bits per heavy atom. The van der Waals surface area contributed by atoms with E-state index in [1.807, 2.05) is 0 Å². The molecule has 0 spiro atoms. The molecule has 2 atom stereocenters. The van der Waals surface area contributed by atoms with Crippen LogP contribution in [0.4, 0.5) is 4.79 Å². The monoisotopic (exact) mass is 343 g/mol. The number of carbonyl (C=O) groups is 2. The van der Waals surface area contributed by atoms with Crippen LogP contribution in [0.5, 0.6) is 0 Å². The first-order valence-electron chi connectivity index (χ1n) is 7.53. The second-order valence-electron chi connectivity index (χ2n) is 5.17. The molecule has 3 N–H and O–H groups in total. The number of ether oxygens (including phenoxy) is 1. The number of rotatable bonds is 6. The van der Waals surface area contributed by atoms with Crippen LogP contribution in [0.25, 0.3) is 0 Å². The molecule has 2 heterocycles. The molecule has 0 saturated carbocycles. The number of hydrogen-bond acceptors (Lipinski definition) is 6. The first-order chi connectivity index (χ1) is 11.0. The van der Waals surface area contributed by atoms with E-state index >= 15 is 0 Å². The summed E-state index contributed by atoms with van der Waals surface area (Å²) in [5.74, 6) is -0.444. The molecule has 1 aliphatic rings. The van der Waals surface area contributed by atoms with Crippen molar-refractivity contribution in [3.05, 3.63) is 10.5 Å². The quantitative estimate of drug-likeness (QED) is 0.630. The number of urea groups is 1. The zero-order chi connectivity index (χ0) is 16.8. The molecule has 0 aromatic carbocycles. The van der Waals surface area contributed by atoms with Crippen molar-refractivity contribution < 1.29 is 14.3 Å². The van der Waals surface area contributed by atoms with Gasteiger partial charge < -0.3 is 10.1 Å². The topological polar surface area (TPSA) is 118 Å². The smallest absolute Gasteiger partial charge is 0.344 e. The van der Waals surface area contributed by atoms with E-state index in [4.69, 9.17) is 4.74 Å². The van der Waals surface area contributed by atoms with E-state index in [1.54, 1.807) is 13.8 Å². The normalized spacial score (nSPS) is 18.6. The number of carbonyl (C=O) groups excluding carboxylic acids is 2. The van der Waals surface area contributed by atoms with Crippen molar-refractivity contribution in [2.24, 2.45) is 0 Å². The number of imide groups is 1. The fourth-order valence-corrected chi connectivity index (χ4v) is 3.04. The Morgan fingerprint density at radius 3 is 3.00 bits per heavy atom. The summed E-state index contributed by atoms with van der Waals surface area (Å²) < 4.78 is 6.99. The minimum atomic E-state index is -0.573. The average molecular weight is 343 g/mol. The summed E-state index contributed by atoms with van der Waals surface area (Å²) in [4.78, 5) is 35.2. The summed E-state index contributed by atoms with van der Waals surface area (Å²) >= 11 is 1.12. The van der Waals surface area contributed by atoms with Crippen LogP contribution in [0, 0.1) is 0 Å². The van der Waals surface area contributed by atoms with Crippen LogP contribution in [0.3, 0.4) is 0 Å². The standard InChI is InChI=1S/C13H21N5O4S/c1-3-14-11(20)15-10(19)8(2)23-13-17-16-12(21)18(13)7-9-5-4-6-22-9/h8-9H,3-7H2,1-2H3,(H,16,21)(H2,14,15,19,20)/t8-,9+/m0/s1. The lowest BCUT2D eigenvalue weighted by Gasteiger charge is -2.13. The first-order valence-corrected chi connectivity index (χ1v) is 8.41. The fraction of sp³-hybridized carbons (Fsp3) is 0.692. The lowest BCUT2D eigenvalue weighted by Crippen LogP contribution is -2.42. The van der Waals surface area contributed by atoms with Crippen LogP contribution in [-0.2, 0) is 16.1 Å². The molecule has 9 nitrogen and oxygen atoms in total. The summed E-state index contributed by atoms with van der Waals surface area (Å²) in [6.45, 7) is 4.94. The van der Waals surface area contributed by atoms with Crippen molar-refractivity contribution in [1.82, 2.24) is 25.4 Å². The van der Waals surface area contributed by atoms with Gasteiger partial charge in [-0.2, -0.15) is 0 Å². The van der Waals surface area contributed by atoms with Gasteiger partial charge in [-0.15, -0.1) is 5.10 Å². The molecule has 0 radical (unpaired) electrons. The van der Waals surface area contributed by atoms with Crippen LogP contribution in [0.1, 0.15) is 26.7 Å². The second kappa shape index (κ2) is 8.16. The molecule has 1 aliphatic heterocycles. The highest BCUT2D eigenvalue weighted by molar-refractivity contribution is 8.00. The first kappa shape index (κ1) is 17.5. The Labute approximate surface area is 137 Å². The molecule has 0 unspecified atom stereocenters. The van der Waals surface area contributed by atoms with E-state index in [-0.39, 0.29) is 11.8 Å². The zero-order valence-electron chi connectivity index (χ0n) is 13.1. The summed E-state index contributed by atoms with van der Waals surface area (Å²) in [5, 5.41) is 10.9. The highest BCUT2D eigenvalue weighted by Gasteiger charge is 2.23. The summed E-state index contributed by atoms with van der Waals surface area (Å²) in [5.41, 5.74) is -0.334. The summed E-state index contributed by atoms with van der Waals surface area (Å²) in [6, 6.07) is -0.538.